The second kappa shape index (κ2) is 6.12. The van der Waals surface area contributed by atoms with Gasteiger partial charge >= 0.3 is 0 Å². The second-order valence-corrected chi connectivity index (χ2v) is 5.26. The SMILES string of the molecule is CC.CCC(C)(C)C1=C=CC=C(C)c2nsnc21. The number of fused-ring (bicyclic) bond motifs is 1. The Morgan fingerprint density at radius 1 is 1.22 bits per heavy atom. The zero-order valence-corrected chi connectivity index (χ0v) is 13.0. The Kier molecular flexibility index (Phi) is 5.06. The first kappa shape index (κ1) is 14.9. The number of aromatic nitrogens is 2. The van der Waals surface area contributed by atoms with Crippen LogP contribution in [-0.4, -0.2) is 8.75 Å². The lowest BCUT2D eigenvalue weighted by molar-refractivity contribution is 0.481. The monoisotopic (exact) mass is 262 g/mol. The molecule has 0 N–H and O–H groups in total. The highest BCUT2D eigenvalue weighted by molar-refractivity contribution is 6.99. The molecule has 1 aliphatic carbocycles. The van der Waals surface area contributed by atoms with Crippen LogP contribution in [-0.2, 0) is 0 Å². The molecule has 1 heterocycles. The second-order valence-electron chi connectivity index (χ2n) is 4.73. The van der Waals surface area contributed by atoms with Gasteiger partial charge in [0.2, 0.25) is 0 Å². The molecule has 0 spiro atoms. The fraction of sp³-hybridized carbons (Fsp3) is 0.533. The molecule has 2 rings (SSSR count). The molecule has 0 radical (unpaired) electrons. The van der Waals surface area contributed by atoms with E-state index in [-0.39, 0.29) is 5.41 Å². The van der Waals surface area contributed by atoms with Crippen molar-refractivity contribution in [1.82, 2.24) is 8.75 Å². The van der Waals surface area contributed by atoms with Crippen molar-refractivity contribution in [3.8, 4) is 0 Å². The highest BCUT2D eigenvalue weighted by atomic mass is 32.1. The third-order valence-corrected chi connectivity index (χ3v) is 3.75. The third-order valence-electron chi connectivity index (χ3n) is 3.22. The minimum absolute atomic E-state index is 0.0967. The van der Waals surface area contributed by atoms with Crippen LogP contribution in [0, 0.1) is 5.41 Å². The molecule has 0 aliphatic heterocycles. The van der Waals surface area contributed by atoms with Crippen molar-refractivity contribution in [3.05, 3.63) is 29.3 Å². The number of hydrogen-bond donors (Lipinski definition) is 0. The minimum atomic E-state index is 0.0967. The van der Waals surface area contributed by atoms with Gasteiger partial charge in [-0.2, -0.15) is 8.75 Å². The first-order valence-electron chi connectivity index (χ1n) is 6.53. The summed E-state index contributed by atoms with van der Waals surface area (Å²) in [6, 6.07) is 0. The van der Waals surface area contributed by atoms with E-state index in [9.17, 15) is 0 Å². The van der Waals surface area contributed by atoms with E-state index in [0.717, 1.165) is 23.4 Å². The van der Waals surface area contributed by atoms with Crippen molar-refractivity contribution < 1.29 is 0 Å². The maximum Gasteiger partial charge on any atom is 0.116 e. The highest BCUT2D eigenvalue weighted by Gasteiger charge is 2.27. The molecule has 98 valence electrons. The quantitative estimate of drug-likeness (QED) is 0.704. The molecule has 0 bridgehead atoms. The number of allylic oxidation sites excluding steroid dienone is 3. The van der Waals surface area contributed by atoms with Gasteiger partial charge in [0, 0.05) is 5.57 Å². The molecule has 0 aromatic carbocycles. The van der Waals surface area contributed by atoms with Gasteiger partial charge in [-0.3, -0.25) is 0 Å². The molecule has 0 unspecified atom stereocenters. The van der Waals surface area contributed by atoms with Gasteiger partial charge in [-0.15, -0.1) is 5.73 Å². The van der Waals surface area contributed by atoms with Crippen LogP contribution in [0.2, 0.25) is 0 Å². The fourth-order valence-electron chi connectivity index (χ4n) is 1.70. The summed E-state index contributed by atoms with van der Waals surface area (Å²) >= 11 is 1.28. The molecule has 0 fully saturated rings. The molecule has 18 heavy (non-hydrogen) atoms. The number of hydrogen-bond acceptors (Lipinski definition) is 3. The van der Waals surface area contributed by atoms with Crippen molar-refractivity contribution in [2.45, 2.75) is 48.0 Å². The molecule has 3 heteroatoms. The van der Waals surface area contributed by atoms with Gasteiger partial charge in [0.05, 0.1) is 11.7 Å². The number of nitrogens with zero attached hydrogens (tertiary/aromatic N) is 2. The van der Waals surface area contributed by atoms with Crippen LogP contribution in [0.25, 0.3) is 11.1 Å². The summed E-state index contributed by atoms with van der Waals surface area (Å²) in [5.41, 5.74) is 7.83. The zero-order chi connectivity index (χ0) is 13.8. The van der Waals surface area contributed by atoms with Crippen LogP contribution in [0.4, 0.5) is 0 Å². The average Bonchev–Trinajstić information content (AvgIpc) is 2.79. The van der Waals surface area contributed by atoms with Gasteiger partial charge < -0.3 is 0 Å². The Hall–Kier alpha value is -1.18. The summed E-state index contributed by atoms with van der Waals surface area (Å²) < 4.78 is 8.81. The van der Waals surface area contributed by atoms with E-state index in [1.54, 1.807) is 0 Å². The van der Waals surface area contributed by atoms with Crippen LogP contribution >= 0.6 is 11.7 Å². The van der Waals surface area contributed by atoms with E-state index in [1.165, 1.54) is 17.3 Å². The predicted octanol–water partition coefficient (Wildman–Crippen LogP) is 4.96. The smallest absolute Gasteiger partial charge is 0.116 e. The van der Waals surface area contributed by atoms with Crippen LogP contribution in [0.5, 0.6) is 0 Å². The van der Waals surface area contributed by atoms with Crippen LogP contribution in [0.15, 0.2) is 17.9 Å². The lowest BCUT2D eigenvalue weighted by Crippen LogP contribution is -2.12. The Morgan fingerprint density at radius 3 is 2.44 bits per heavy atom. The molecule has 1 aliphatic rings. The molecular weight excluding hydrogens is 240 g/mol. The summed E-state index contributed by atoms with van der Waals surface area (Å²) in [4.78, 5) is 0. The van der Waals surface area contributed by atoms with E-state index in [2.05, 4.69) is 48.2 Å². The van der Waals surface area contributed by atoms with E-state index < -0.39 is 0 Å². The van der Waals surface area contributed by atoms with Gasteiger partial charge in [0.25, 0.3) is 0 Å². The summed E-state index contributed by atoms with van der Waals surface area (Å²) in [5.74, 6) is 0. The normalized spacial score (nSPS) is 13.9. The Morgan fingerprint density at radius 2 is 1.83 bits per heavy atom. The van der Waals surface area contributed by atoms with Crippen molar-refractivity contribution in [3.63, 3.8) is 0 Å². The number of rotatable bonds is 2. The van der Waals surface area contributed by atoms with Crippen molar-refractivity contribution in [2.75, 3.05) is 0 Å². The van der Waals surface area contributed by atoms with E-state index in [1.807, 2.05) is 19.9 Å². The molecule has 2 nitrogen and oxygen atoms in total. The van der Waals surface area contributed by atoms with E-state index >= 15 is 0 Å². The minimum Gasteiger partial charge on any atom is -0.173 e. The van der Waals surface area contributed by atoms with Gasteiger partial charge in [0.1, 0.15) is 11.4 Å². The lowest BCUT2D eigenvalue weighted by Gasteiger charge is -2.23. The molecule has 0 atom stereocenters. The van der Waals surface area contributed by atoms with Gasteiger partial charge in [-0.1, -0.05) is 34.6 Å². The maximum absolute atomic E-state index is 4.43. The molecule has 0 saturated heterocycles. The Balaban J connectivity index is 0.000000771. The largest absolute Gasteiger partial charge is 0.173 e. The summed E-state index contributed by atoms with van der Waals surface area (Å²) in [6.07, 6.45) is 5.11. The molecule has 0 saturated carbocycles. The van der Waals surface area contributed by atoms with Gasteiger partial charge in [-0.05, 0) is 36.5 Å². The standard InChI is InChI=1S/C13H16N2S.C2H6/c1-5-13(3,4)10-8-6-7-9(2)11-12(10)15-16-14-11;1-2/h6-7H,5H2,1-4H3;1-2H3. The van der Waals surface area contributed by atoms with Gasteiger partial charge in [-0.25, -0.2) is 0 Å². The third kappa shape index (κ3) is 2.80. The summed E-state index contributed by atoms with van der Waals surface area (Å²) in [7, 11) is 0. The lowest BCUT2D eigenvalue weighted by atomic mass is 9.80. The molecule has 1 aromatic rings. The topological polar surface area (TPSA) is 25.8 Å². The molecule has 1 aromatic heterocycles. The first-order valence-corrected chi connectivity index (χ1v) is 7.26. The Labute approximate surface area is 114 Å². The van der Waals surface area contributed by atoms with Crippen molar-refractivity contribution in [1.29, 1.82) is 0 Å². The first-order chi connectivity index (χ1) is 8.56. The van der Waals surface area contributed by atoms with E-state index in [4.69, 9.17) is 0 Å². The van der Waals surface area contributed by atoms with Gasteiger partial charge in [0.15, 0.2) is 0 Å². The summed E-state index contributed by atoms with van der Waals surface area (Å²) in [5, 5.41) is 0. The summed E-state index contributed by atoms with van der Waals surface area (Å²) in [6.45, 7) is 12.7. The van der Waals surface area contributed by atoms with Crippen molar-refractivity contribution >= 4 is 22.9 Å². The molecule has 0 amide bonds. The predicted molar refractivity (Wildman–Crippen MR) is 80.5 cm³/mol. The fourth-order valence-corrected chi connectivity index (χ4v) is 2.31. The Bertz CT molecular complexity index is 500. The molecular formula is C15H22N2S. The maximum atomic E-state index is 4.43. The van der Waals surface area contributed by atoms with E-state index in [0.29, 0.717) is 0 Å². The average molecular weight is 262 g/mol. The van der Waals surface area contributed by atoms with Crippen molar-refractivity contribution in [2.24, 2.45) is 5.41 Å². The van der Waals surface area contributed by atoms with Crippen LogP contribution < -0.4 is 0 Å². The highest BCUT2D eigenvalue weighted by Crippen LogP contribution is 2.39. The zero-order valence-electron chi connectivity index (χ0n) is 12.2. The van der Waals surface area contributed by atoms with Crippen LogP contribution in [0.3, 0.4) is 0 Å². The van der Waals surface area contributed by atoms with Crippen LogP contribution in [0.1, 0.15) is 59.4 Å².